The Kier molecular flexibility index (Phi) is 4.44. The van der Waals surface area contributed by atoms with Gasteiger partial charge in [-0.3, -0.25) is 0 Å². The molecule has 1 saturated heterocycles. The predicted molar refractivity (Wildman–Crippen MR) is 76.8 cm³/mol. The van der Waals surface area contributed by atoms with E-state index in [1.807, 2.05) is 13.0 Å². The first kappa shape index (κ1) is 14.2. The molecule has 0 bridgehead atoms. The van der Waals surface area contributed by atoms with Gasteiger partial charge in [-0.05, 0) is 13.3 Å². The minimum absolute atomic E-state index is 0.0567. The Labute approximate surface area is 117 Å². The molecule has 2 rings (SSSR count). The number of carbonyl (C=O) groups excluding carboxylic acids is 1. The zero-order valence-electron chi connectivity index (χ0n) is 11.7. The molecule has 1 aromatic rings. The Morgan fingerprint density at radius 3 is 3.10 bits per heavy atom. The van der Waals surface area contributed by atoms with Crippen molar-refractivity contribution in [3.63, 3.8) is 0 Å². The molecule has 2 heterocycles. The largest absolute Gasteiger partial charge is 0.453 e. The van der Waals surface area contributed by atoms with Crippen molar-refractivity contribution in [3.8, 4) is 0 Å². The van der Waals surface area contributed by atoms with E-state index in [9.17, 15) is 4.79 Å². The van der Waals surface area contributed by atoms with Gasteiger partial charge in [-0.2, -0.15) is 9.97 Å². The van der Waals surface area contributed by atoms with Gasteiger partial charge < -0.3 is 26.0 Å². The molecule has 1 unspecified atom stereocenters. The maximum Gasteiger partial charge on any atom is 0.407 e. The molecule has 0 aromatic carbocycles. The number of nitrogens with zero attached hydrogens (tertiary/aromatic N) is 3. The Hall–Kier alpha value is -2.25. The third-order valence-electron chi connectivity index (χ3n) is 3.11. The first-order valence-electron chi connectivity index (χ1n) is 6.60. The quantitative estimate of drug-likeness (QED) is 0.734. The standard InChI is InChI=1S/C12H20N6O2/c1-3-14-9-6-10(17-11(13)16-9)18-5-4-8(7-18)15-12(19)20-2/h6,8H,3-5,7H2,1-2H3,(H,15,19)(H3,13,14,16,17). The summed E-state index contributed by atoms with van der Waals surface area (Å²) in [6, 6.07) is 1.92. The summed E-state index contributed by atoms with van der Waals surface area (Å²) in [6.45, 7) is 4.24. The van der Waals surface area contributed by atoms with Crippen molar-refractivity contribution in [1.29, 1.82) is 0 Å². The zero-order chi connectivity index (χ0) is 14.5. The van der Waals surface area contributed by atoms with Gasteiger partial charge in [0, 0.05) is 25.7 Å². The van der Waals surface area contributed by atoms with Crippen LogP contribution in [0.1, 0.15) is 13.3 Å². The van der Waals surface area contributed by atoms with Gasteiger partial charge in [-0.15, -0.1) is 0 Å². The fourth-order valence-electron chi connectivity index (χ4n) is 2.20. The van der Waals surface area contributed by atoms with E-state index in [2.05, 4.69) is 30.2 Å². The number of alkyl carbamates (subject to hydrolysis) is 1. The Morgan fingerprint density at radius 1 is 1.60 bits per heavy atom. The number of carbonyl (C=O) groups is 1. The van der Waals surface area contributed by atoms with Gasteiger partial charge in [0.2, 0.25) is 5.95 Å². The number of anilines is 3. The molecule has 4 N–H and O–H groups in total. The lowest BCUT2D eigenvalue weighted by Crippen LogP contribution is -2.37. The lowest BCUT2D eigenvalue weighted by atomic mass is 10.3. The predicted octanol–water partition coefficient (Wildman–Crippen LogP) is 0.425. The van der Waals surface area contributed by atoms with Crippen molar-refractivity contribution in [1.82, 2.24) is 15.3 Å². The summed E-state index contributed by atoms with van der Waals surface area (Å²) in [5.74, 6) is 1.71. The average molecular weight is 280 g/mol. The number of nitrogens with two attached hydrogens (primary N) is 1. The first-order chi connectivity index (χ1) is 9.62. The van der Waals surface area contributed by atoms with Gasteiger partial charge in [0.1, 0.15) is 11.6 Å². The normalized spacial score (nSPS) is 17.9. The van der Waals surface area contributed by atoms with Crippen LogP contribution in [0.15, 0.2) is 6.07 Å². The van der Waals surface area contributed by atoms with Crippen molar-refractivity contribution in [2.45, 2.75) is 19.4 Å². The molecule has 8 heteroatoms. The maximum absolute atomic E-state index is 11.2. The number of hydrogen-bond acceptors (Lipinski definition) is 7. The smallest absolute Gasteiger partial charge is 0.407 e. The third kappa shape index (κ3) is 3.40. The number of rotatable bonds is 4. The molecule has 1 aliphatic rings. The van der Waals surface area contributed by atoms with Crippen molar-refractivity contribution < 1.29 is 9.53 Å². The van der Waals surface area contributed by atoms with Gasteiger partial charge in [0.05, 0.1) is 13.2 Å². The van der Waals surface area contributed by atoms with Gasteiger partial charge >= 0.3 is 6.09 Å². The van der Waals surface area contributed by atoms with Crippen molar-refractivity contribution in [3.05, 3.63) is 6.07 Å². The van der Waals surface area contributed by atoms with E-state index >= 15 is 0 Å². The van der Waals surface area contributed by atoms with Crippen LogP contribution in [0.2, 0.25) is 0 Å². The molecule has 0 spiro atoms. The molecule has 110 valence electrons. The fraction of sp³-hybridized carbons (Fsp3) is 0.583. The maximum atomic E-state index is 11.2. The highest BCUT2D eigenvalue weighted by Crippen LogP contribution is 2.21. The molecule has 0 saturated carbocycles. The van der Waals surface area contributed by atoms with Crippen LogP contribution in [0.4, 0.5) is 22.4 Å². The third-order valence-corrected chi connectivity index (χ3v) is 3.11. The molecular weight excluding hydrogens is 260 g/mol. The second kappa shape index (κ2) is 6.27. The molecule has 8 nitrogen and oxygen atoms in total. The van der Waals surface area contributed by atoms with Crippen molar-refractivity contribution in [2.75, 3.05) is 42.7 Å². The molecule has 0 aliphatic carbocycles. The molecule has 0 radical (unpaired) electrons. The van der Waals surface area contributed by atoms with E-state index in [-0.39, 0.29) is 12.0 Å². The minimum Gasteiger partial charge on any atom is -0.453 e. The van der Waals surface area contributed by atoms with Gasteiger partial charge in [0.25, 0.3) is 0 Å². The molecule has 1 aromatic heterocycles. The number of nitrogens with one attached hydrogen (secondary N) is 2. The van der Waals surface area contributed by atoms with E-state index in [1.54, 1.807) is 0 Å². The molecule has 1 amide bonds. The van der Waals surface area contributed by atoms with Gasteiger partial charge in [-0.1, -0.05) is 0 Å². The number of hydrogen-bond donors (Lipinski definition) is 3. The molecule has 20 heavy (non-hydrogen) atoms. The number of aromatic nitrogens is 2. The average Bonchev–Trinajstić information content (AvgIpc) is 2.87. The lowest BCUT2D eigenvalue weighted by molar-refractivity contribution is 0.167. The summed E-state index contributed by atoms with van der Waals surface area (Å²) in [6.07, 6.45) is 0.433. The highest BCUT2D eigenvalue weighted by molar-refractivity contribution is 5.67. The van der Waals surface area contributed by atoms with Crippen molar-refractivity contribution in [2.24, 2.45) is 0 Å². The van der Waals surface area contributed by atoms with Crippen LogP contribution in [-0.4, -0.2) is 48.8 Å². The number of amides is 1. The van der Waals surface area contributed by atoms with E-state index in [4.69, 9.17) is 5.73 Å². The zero-order valence-corrected chi connectivity index (χ0v) is 11.7. The first-order valence-corrected chi connectivity index (χ1v) is 6.60. The van der Waals surface area contributed by atoms with Gasteiger partial charge in [-0.25, -0.2) is 4.79 Å². The van der Waals surface area contributed by atoms with Crippen LogP contribution in [0.25, 0.3) is 0 Å². The second-order valence-electron chi connectivity index (χ2n) is 4.57. The Bertz CT molecular complexity index is 481. The van der Waals surface area contributed by atoms with Crippen LogP contribution in [0.5, 0.6) is 0 Å². The fourth-order valence-corrected chi connectivity index (χ4v) is 2.20. The van der Waals surface area contributed by atoms with E-state index in [1.165, 1.54) is 7.11 Å². The highest BCUT2D eigenvalue weighted by atomic mass is 16.5. The molecule has 1 atom stereocenters. The molecule has 1 aliphatic heterocycles. The summed E-state index contributed by atoms with van der Waals surface area (Å²) < 4.78 is 4.60. The van der Waals surface area contributed by atoms with Crippen LogP contribution in [0.3, 0.4) is 0 Å². The summed E-state index contributed by atoms with van der Waals surface area (Å²) in [5.41, 5.74) is 5.72. The number of ether oxygens (including phenoxy) is 1. The molecular formula is C12H20N6O2. The van der Waals surface area contributed by atoms with Crippen molar-refractivity contribution >= 4 is 23.7 Å². The van der Waals surface area contributed by atoms with E-state index in [0.29, 0.717) is 12.4 Å². The highest BCUT2D eigenvalue weighted by Gasteiger charge is 2.25. The summed E-state index contributed by atoms with van der Waals surface area (Å²) >= 11 is 0. The topological polar surface area (TPSA) is 105 Å². The Balaban J connectivity index is 2.04. The van der Waals surface area contributed by atoms with Crippen LogP contribution in [0, 0.1) is 0 Å². The monoisotopic (exact) mass is 280 g/mol. The van der Waals surface area contributed by atoms with Gasteiger partial charge in [0.15, 0.2) is 0 Å². The number of methoxy groups -OCH3 is 1. The van der Waals surface area contributed by atoms with E-state index in [0.717, 1.165) is 25.3 Å². The summed E-state index contributed by atoms with van der Waals surface area (Å²) in [4.78, 5) is 21.6. The van der Waals surface area contributed by atoms with Crippen LogP contribution < -0.4 is 21.3 Å². The lowest BCUT2D eigenvalue weighted by Gasteiger charge is -2.18. The summed E-state index contributed by atoms with van der Waals surface area (Å²) in [7, 11) is 1.36. The Morgan fingerprint density at radius 2 is 2.40 bits per heavy atom. The SMILES string of the molecule is CCNc1cc(N2CCC(NC(=O)OC)C2)nc(N)n1. The molecule has 1 fully saturated rings. The second-order valence-corrected chi connectivity index (χ2v) is 4.57. The minimum atomic E-state index is -0.410. The van der Waals surface area contributed by atoms with E-state index < -0.39 is 6.09 Å². The van der Waals surface area contributed by atoms with Crippen LogP contribution in [-0.2, 0) is 4.74 Å². The summed E-state index contributed by atoms with van der Waals surface area (Å²) in [5, 5.41) is 5.91. The number of nitrogen functional groups attached to an aromatic ring is 1. The van der Waals surface area contributed by atoms with Crippen LogP contribution >= 0.6 is 0 Å².